The van der Waals surface area contributed by atoms with Gasteiger partial charge >= 0.3 is 0 Å². The second kappa shape index (κ2) is 6.04. The largest absolute Gasteiger partial charge is 0.467 e. The summed E-state index contributed by atoms with van der Waals surface area (Å²) in [6, 6.07) is 0. The van der Waals surface area contributed by atoms with Gasteiger partial charge in [0.15, 0.2) is 5.78 Å². The lowest BCUT2D eigenvalue weighted by molar-refractivity contribution is -0.147. The number of hydrogen-bond acceptors (Lipinski definition) is 3. The maximum absolute atomic E-state index is 12.1. The van der Waals surface area contributed by atoms with E-state index < -0.39 is 6.23 Å². The number of amides is 1. The van der Waals surface area contributed by atoms with Crippen LogP contribution in [-0.4, -0.2) is 29.4 Å². The summed E-state index contributed by atoms with van der Waals surface area (Å²) in [4.78, 5) is 25.3. The van der Waals surface area contributed by atoms with Crippen LogP contribution in [0, 0.1) is 0 Å². The molecule has 2 aliphatic rings. The van der Waals surface area contributed by atoms with Crippen LogP contribution in [0.15, 0.2) is 23.5 Å². The molecule has 0 spiro atoms. The van der Waals surface area contributed by atoms with Gasteiger partial charge in [-0.05, 0) is 33.1 Å². The molecule has 0 aromatic heterocycles. The third-order valence-corrected chi connectivity index (χ3v) is 3.67. The summed E-state index contributed by atoms with van der Waals surface area (Å²) in [6.45, 7) is 4.30. The number of hydrogen-bond donors (Lipinski definition) is 0. The summed E-state index contributed by atoms with van der Waals surface area (Å²) < 4.78 is 5.73. The molecule has 0 bridgehead atoms. The number of fused-ring (bicyclic) bond motifs is 1. The van der Waals surface area contributed by atoms with Crippen LogP contribution in [0.2, 0.25) is 0 Å². The first-order valence-electron chi connectivity index (χ1n) is 6.96. The van der Waals surface area contributed by atoms with Crippen LogP contribution in [0.1, 0.15) is 46.0 Å². The molecule has 0 aromatic carbocycles. The number of rotatable bonds is 5. The number of allylic oxidation sites excluding steroid dienone is 3. The van der Waals surface area contributed by atoms with Crippen molar-refractivity contribution in [2.45, 2.75) is 52.2 Å². The van der Waals surface area contributed by atoms with Crippen molar-refractivity contribution in [3.8, 4) is 0 Å². The molecular weight excluding hydrogens is 242 g/mol. The Morgan fingerprint density at radius 3 is 2.89 bits per heavy atom. The first-order valence-corrected chi connectivity index (χ1v) is 6.96. The number of ether oxygens (including phenoxy) is 1. The van der Waals surface area contributed by atoms with Crippen molar-refractivity contribution in [2.75, 3.05) is 6.54 Å². The molecular formula is C15H21NO3. The third kappa shape index (κ3) is 2.88. The Balaban J connectivity index is 1.95. The Bertz CT molecular complexity index is 437. The van der Waals surface area contributed by atoms with Gasteiger partial charge in [0.05, 0.1) is 5.57 Å². The maximum Gasteiger partial charge on any atom is 0.256 e. The second-order valence-electron chi connectivity index (χ2n) is 5.05. The molecule has 1 fully saturated rings. The lowest BCUT2D eigenvalue weighted by atomic mass is 10.1. The SMILES string of the molecule is C/C=C/CCCCC1=C(C)C(=O)N2CCC(=O)C2O1. The van der Waals surface area contributed by atoms with E-state index in [2.05, 4.69) is 6.08 Å². The number of carbonyl (C=O) groups excluding carboxylic acids is 2. The summed E-state index contributed by atoms with van der Waals surface area (Å²) in [5, 5.41) is 0. The summed E-state index contributed by atoms with van der Waals surface area (Å²) in [5.41, 5.74) is 0.664. The maximum atomic E-state index is 12.1. The topological polar surface area (TPSA) is 46.6 Å². The zero-order chi connectivity index (χ0) is 13.8. The van der Waals surface area contributed by atoms with Crippen molar-refractivity contribution in [3.05, 3.63) is 23.5 Å². The molecule has 0 aliphatic carbocycles. The van der Waals surface area contributed by atoms with Crippen molar-refractivity contribution in [3.63, 3.8) is 0 Å². The minimum Gasteiger partial charge on any atom is -0.467 e. The molecule has 2 aliphatic heterocycles. The van der Waals surface area contributed by atoms with E-state index in [0.29, 0.717) is 24.3 Å². The van der Waals surface area contributed by atoms with Crippen molar-refractivity contribution >= 4 is 11.7 Å². The van der Waals surface area contributed by atoms with Gasteiger partial charge < -0.3 is 4.74 Å². The molecule has 2 heterocycles. The van der Waals surface area contributed by atoms with Crippen LogP contribution in [0.5, 0.6) is 0 Å². The average molecular weight is 263 g/mol. The molecule has 1 unspecified atom stereocenters. The van der Waals surface area contributed by atoms with Gasteiger partial charge in [0, 0.05) is 19.4 Å². The van der Waals surface area contributed by atoms with Crippen LogP contribution >= 0.6 is 0 Å². The average Bonchev–Trinajstić information content (AvgIpc) is 2.77. The zero-order valence-electron chi connectivity index (χ0n) is 11.6. The lowest BCUT2D eigenvalue weighted by Gasteiger charge is -2.31. The summed E-state index contributed by atoms with van der Waals surface area (Å²) >= 11 is 0. The van der Waals surface area contributed by atoms with E-state index in [1.807, 2.05) is 13.0 Å². The van der Waals surface area contributed by atoms with Gasteiger partial charge in [-0.25, -0.2) is 0 Å². The van der Waals surface area contributed by atoms with Gasteiger partial charge in [-0.3, -0.25) is 14.5 Å². The van der Waals surface area contributed by atoms with Crippen molar-refractivity contribution < 1.29 is 14.3 Å². The standard InChI is InChI=1S/C15H21NO3/c1-3-4-5-6-7-8-13-11(2)14(18)16-10-9-12(17)15(16)19-13/h3-4,15H,5-10H2,1-2H3/b4-3+. The van der Waals surface area contributed by atoms with Crippen LogP contribution < -0.4 is 0 Å². The van der Waals surface area contributed by atoms with Crippen LogP contribution in [0.25, 0.3) is 0 Å². The fourth-order valence-corrected chi connectivity index (χ4v) is 2.50. The Hall–Kier alpha value is -1.58. The summed E-state index contributed by atoms with van der Waals surface area (Å²) in [6.07, 6.45) is 7.78. The number of Topliss-reactive ketones (excluding diaryl/α,β-unsaturated/α-hetero) is 1. The normalized spacial score (nSPS) is 23.3. The lowest BCUT2D eigenvalue weighted by Crippen LogP contribution is -2.44. The third-order valence-electron chi connectivity index (χ3n) is 3.67. The molecule has 19 heavy (non-hydrogen) atoms. The van der Waals surface area contributed by atoms with Gasteiger partial charge in [-0.1, -0.05) is 12.2 Å². The summed E-state index contributed by atoms with van der Waals surface area (Å²) in [5.74, 6) is 0.694. The minimum atomic E-state index is -0.651. The van der Waals surface area contributed by atoms with E-state index in [-0.39, 0.29) is 11.7 Å². The predicted molar refractivity (Wildman–Crippen MR) is 72.2 cm³/mol. The quantitative estimate of drug-likeness (QED) is 0.565. The van der Waals surface area contributed by atoms with E-state index in [4.69, 9.17) is 4.74 Å². The monoisotopic (exact) mass is 263 g/mol. The fraction of sp³-hybridized carbons (Fsp3) is 0.600. The molecule has 0 radical (unpaired) electrons. The van der Waals surface area contributed by atoms with Crippen molar-refractivity contribution in [1.29, 1.82) is 0 Å². The highest BCUT2D eigenvalue weighted by atomic mass is 16.5. The van der Waals surface area contributed by atoms with Gasteiger partial charge in [0.2, 0.25) is 6.23 Å². The number of unbranched alkanes of at least 4 members (excludes halogenated alkanes) is 2. The minimum absolute atomic E-state index is 0.0206. The molecule has 2 rings (SSSR count). The van der Waals surface area contributed by atoms with Crippen molar-refractivity contribution in [1.82, 2.24) is 4.90 Å². The highest BCUT2D eigenvalue weighted by molar-refractivity contribution is 6.00. The molecule has 1 saturated heterocycles. The number of nitrogens with zero attached hydrogens (tertiary/aromatic N) is 1. The molecule has 0 N–H and O–H groups in total. The van der Waals surface area contributed by atoms with Crippen LogP contribution in [-0.2, 0) is 14.3 Å². The van der Waals surface area contributed by atoms with Gasteiger partial charge in [0.1, 0.15) is 5.76 Å². The smallest absolute Gasteiger partial charge is 0.256 e. The summed E-state index contributed by atoms with van der Waals surface area (Å²) in [7, 11) is 0. The first-order chi connectivity index (χ1) is 9.15. The molecule has 1 amide bonds. The highest BCUT2D eigenvalue weighted by Crippen LogP contribution is 2.29. The Kier molecular flexibility index (Phi) is 4.40. The Morgan fingerprint density at radius 1 is 1.37 bits per heavy atom. The van der Waals surface area contributed by atoms with E-state index in [1.165, 1.54) is 0 Å². The van der Waals surface area contributed by atoms with Crippen molar-refractivity contribution in [2.24, 2.45) is 0 Å². The van der Waals surface area contributed by atoms with Gasteiger partial charge in [-0.2, -0.15) is 0 Å². The molecule has 0 saturated carbocycles. The predicted octanol–water partition coefficient (Wildman–Crippen LogP) is 2.55. The Morgan fingerprint density at radius 2 is 2.16 bits per heavy atom. The molecule has 1 atom stereocenters. The van der Waals surface area contributed by atoms with E-state index in [1.54, 1.807) is 11.8 Å². The van der Waals surface area contributed by atoms with E-state index in [9.17, 15) is 9.59 Å². The van der Waals surface area contributed by atoms with Gasteiger partial charge in [-0.15, -0.1) is 0 Å². The van der Waals surface area contributed by atoms with Crippen LogP contribution in [0.3, 0.4) is 0 Å². The molecule has 4 nitrogen and oxygen atoms in total. The molecule has 104 valence electrons. The van der Waals surface area contributed by atoms with Gasteiger partial charge in [0.25, 0.3) is 5.91 Å². The van der Waals surface area contributed by atoms with Crippen LogP contribution in [0.4, 0.5) is 0 Å². The Labute approximate surface area is 114 Å². The van der Waals surface area contributed by atoms with E-state index in [0.717, 1.165) is 25.7 Å². The van der Waals surface area contributed by atoms with E-state index >= 15 is 0 Å². The number of ketones is 1. The fourth-order valence-electron chi connectivity index (χ4n) is 2.50. The second-order valence-corrected chi connectivity index (χ2v) is 5.05. The highest BCUT2D eigenvalue weighted by Gasteiger charge is 2.42. The number of carbonyl (C=O) groups is 2. The first kappa shape index (κ1) is 13.8. The molecule has 0 aromatic rings. The zero-order valence-corrected chi connectivity index (χ0v) is 11.6. The molecule has 4 heteroatoms.